The van der Waals surface area contributed by atoms with E-state index >= 15 is 0 Å². The number of rotatable bonds is 5. The quantitative estimate of drug-likeness (QED) is 0.781. The first-order chi connectivity index (χ1) is 9.66. The first-order valence-corrected chi connectivity index (χ1v) is 6.43. The van der Waals surface area contributed by atoms with Crippen LogP contribution in [0.1, 0.15) is 37.6 Å². The molecule has 0 bridgehead atoms. The first kappa shape index (κ1) is 16.9. The van der Waals surface area contributed by atoms with Crippen LogP contribution in [0.15, 0.2) is 12.1 Å². The molecule has 21 heavy (non-hydrogen) atoms. The summed E-state index contributed by atoms with van der Waals surface area (Å²) in [5.74, 6) is -3.98. The van der Waals surface area contributed by atoms with Gasteiger partial charge >= 0.3 is 12.0 Å². The second-order valence-corrected chi connectivity index (χ2v) is 5.44. The molecule has 0 aliphatic rings. The third kappa shape index (κ3) is 4.70. The summed E-state index contributed by atoms with van der Waals surface area (Å²) >= 11 is 0. The highest BCUT2D eigenvalue weighted by Crippen LogP contribution is 2.21. The summed E-state index contributed by atoms with van der Waals surface area (Å²) in [6.45, 7) is 6.24. The van der Waals surface area contributed by atoms with Gasteiger partial charge in [0, 0.05) is 12.6 Å². The molecule has 0 atom stereocenters. The normalized spacial score (nSPS) is 11.1. The van der Waals surface area contributed by atoms with Gasteiger partial charge in [0.1, 0.15) is 0 Å². The summed E-state index contributed by atoms with van der Waals surface area (Å²) in [5.41, 5.74) is -0.937. The number of carbonyl (C=O) groups is 2. The molecular formula is C14H18F2N2O3. The standard InChI is InChI=1S/C14H18F2N2O3/c1-4-14(2,3)7-17-13(21)18-11-6-10(16)9(15)5-8(11)12(19)20/h5-6H,4,7H2,1-3H3,(H,19,20)(H2,17,18,21). The summed E-state index contributed by atoms with van der Waals surface area (Å²) in [6.07, 6.45) is 0.832. The zero-order chi connectivity index (χ0) is 16.2. The highest BCUT2D eigenvalue weighted by molar-refractivity contribution is 6.00. The summed E-state index contributed by atoms with van der Waals surface area (Å²) in [4.78, 5) is 22.7. The average molecular weight is 300 g/mol. The summed E-state index contributed by atoms with van der Waals surface area (Å²) in [5, 5.41) is 13.7. The maximum atomic E-state index is 13.2. The number of aromatic carboxylic acids is 1. The molecule has 116 valence electrons. The number of anilines is 1. The fourth-order valence-corrected chi connectivity index (χ4v) is 1.44. The van der Waals surface area contributed by atoms with E-state index in [2.05, 4.69) is 10.6 Å². The van der Waals surface area contributed by atoms with Gasteiger partial charge in [0.15, 0.2) is 11.6 Å². The van der Waals surface area contributed by atoms with Crippen molar-refractivity contribution in [2.24, 2.45) is 5.41 Å². The molecule has 1 rings (SSSR count). The molecule has 7 heteroatoms. The Bertz CT molecular complexity index is 559. The Kier molecular flexibility index (Phi) is 5.23. The Balaban J connectivity index is 2.85. The average Bonchev–Trinajstić information content (AvgIpc) is 2.40. The molecule has 0 radical (unpaired) electrons. The van der Waals surface area contributed by atoms with Gasteiger partial charge in [-0.2, -0.15) is 0 Å². The topological polar surface area (TPSA) is 78.4 Å². The van der Waals surface area contributed by atoms with Crippen molar-refractivity contribution in [1.82, 2.24) is 5.32 Å². The largest absolute Gasteiger partial charge is 0.478 e. The van der Waals surface area contributed by atoms with E-state index in [0.717, 1.165) is 6.42 Å². The van der Waals surface area contributed by atoms with Crippen LogP contribution in [0.4, 0.5) is 19.3 Å². The van der Waals surface area contributed by atoms with Gasteiger partial charge in [0.05, 0.1) is 11.3 Å². The van der Waals surface area contributed by atoms with Crippen LogP contribution in [-0.4, -0.2) is 23.7 Å². The molecule has 0 aromatic heterocycles. The van der Waals surface area contributed by atoms with Crippen molar-refractivity contribution in [3.05, 3.63) is 29.3 Å². The number of carboxylic acid groups (broad SMARTS) is 1. The number of nitrogens with one attached hydrogen (secondary N) is 2. The third-order valence-electron chi connectivity index (χ3n) is 3.22. The molecule has 3 N–H and O–H groups in total. The highest BCUT2D eigenvalue weighted by Gasteiger charge is 2.19. The summed E-state index contributed by atoms with van der Waals surface area (Å²) in [7, 11) is 0. The Morgan fingerprint density at radius 2 is 1.81 bits per heavy atom. The SMILES string of the molecule is CCC(C)(C)CNC(=O)Nc1cc(F)c(F)cc1C(=O)O. The maximum Gasteiger partial charge on any atom is 0.337 e. The minimum absolute atomic E-state index is 0.124. The smallest absolute Gasteiger partial charge is 0.337 e. The van der Waals surface area contributed by atoms with Crippen LogP contribution in [0.2, 0.25) is 0 Å². The van der Waals surface area contributed by atoms with Crippen molar-refractivity contribution in [2.75, 3.05) is 11.9 Å². The van der Waals surface area contributed by atoms with Gasteiger partial charge in [-0.3, -0.25) is 0 Å². The molecule has 0 heterocycles. The van der Waals surface area contributed by atoms with Crippen molar-refractivity contribution in [2.45, 2.75) is 27.2 Å². The molecule has 0 fully saturated rings. The third-order valence-corrected chi connectivity index (χ3v) is 3.22. The molecule has 0 unspecified atom stereocenters. The van der Waals surface area contributed by atoms with Gasteiger partial charge in [-0.15, -0.1) is 0 Å². The van der Waals surface area contributed by atoms with Crippen LogP contribution in [0.25, 0.3) is 0 Å². The molecule has 0 spiro atoms. The van der Waals surface area contributed by atoms with E-state index in [4.69, 9.17) is 5.11 Å². The number of carbonyl (C=O) groups excluding carboxylic acids is 1. The van der Waals surface area contributed by atoms with Crippen LogP contribution in [-0.2, 0) is 0 Å². The van der Waals surface area contributed by atoms with E-state index in [1.165, 1.54) is 0 Å². The molecule has 0 aliphatic heterocycles. The molecule has 1 aromatic rings. The lowest BCUT2D eigenvalue weighted by Gasteiger charge is -2.23. The highest BCUT2D eigenvalue weighted by atomic mass is 19.2. The predicted molar refractivity (Wildman–Crippen MR) is 74.4 cm³/mol. The van der Waals surface area contributed by atoms with Crippen molar-refractivity contribution < 1.29 is 23.5 Å². The van der Waals surface area contributed by atoms with Gasteiger partial charge in [0.2, 0.25) is 0 Å². The van der Waals surface area contributed by atoms with Crippen molar-refractivity contribution in [1.29, 1.82) is 0 Å². The number of amides is 2. The fourth-order valence-electron chi connectivity index (χ4n) is 1.44. The lowest BCUT2D eigenvalue weighted by Crippen LogP contribution is -2.36. The fraction of sp³-hybridized carbons (Fsp3) is 0.429. The van der Waals surface area contributed by atoms with E-state index in [1.54, 1.807) is 0 Å². The molecule has 1 aromatic carbocycles. The Morgan fingerprint density at radius 1 is 1.24 bits per heavy atom. The second-order valence-electron chi connectivity index (χ2n) is 5.44. The van der Waals surface area contributed by atoms with Crippen LogP contribution < -0.4 is 10.6 Å². The van der Waals surface area contributed by atoms with E-state index < -0.39 is 29.2 Å². The number of hydrogen-bond donors (Lipinski definition) is 3. The van der Waals surface area contributed by atoms with Crippen molar-refractivity contribution in [3.8, 4) is 0 Å². The van der Waals surface area contributed by atoms with Crippen LogP contribution in [0.5, 0.6) is 0 Å². The van der Waals surface area contributed by atoms with Crippen LogP contribution >= 0.6 is 0 Å². The molecule has 2 amide bonds. The van der Waals surface area contributed by atoms with Gasteiger partial charge < -0.3 is 15.7 Å². The Hall–Kier alpha value is -2.18. The number of halogens is 2. The number of benzene rings is 1. The first-order valence-electron chi connectivity index (χ1n) is 6.43. The number of urea groups is 1. The summed E-state index contributed by atoms with van der Waals surface area (Å²) < 4.78 is 26.2. The van der Waals surface area contributed by atoms with Crippen molar-refractivity contribution in [3.63, 3.8) is 0 Å². The second kappa shape index (κ2) is 6.51. The van der Waals surface area contributed by atoms with Gasteiger partial charge in [0.25, 0.3) is 0 Å². The zero-order valence-corrected chi connectivity index (χ0v) is 12.1. The zero-order valence-electron chi connectivity index (χ0n) is 12.1. The summed E-state index contributed by atoms with van der Waals surface area (Å²) in [6, 6.07) is 0.497. The lowest BCUT2D eigenvalue weighted by atomic mass is 9.90. The van der Waals surface area contributed by atoms with E-state index in [1.807, 2.05) is 20.8 Å². The maximum absolute atomic E-state index is 13.2. The number of hydrogen-bond acceptors (Lipinski definition) is 2. The van der Waals surface area contributed by atoms with Gasteiger partial charge in [-0.05, 0) is 17.9 Å². The molecular weight excluding hydrogens is 282 g/mol. The molecule has 0 saturated carbocycles. The number of carboxylic acids is 1. The van der Waals surface area contributed by atoms with Crippen LogP contribution in [0.3, 0.4) is 0 Å². The molecule has 0 aliphatic carbocycles. The van der Waals surface area contributed by atoms with E-state index in [-0.39, 0.29) is 11.1 Å². The molecule has 0 saturated heterocycles. The Morgan fingerprint density at radius 3 is 2.33 bits per heavy atom. The predicted octanol–water partition coefficient (Wildman–Crippen LogP) is 3.22. The minimum Gasteiger partial charge on any atom is -0.478 e. The molecule has 5 nitrogen and oxygen atoms in total. The lowest BCUT2D eigenvalue weighted by molar-refractivity contribution is 0.0697. The Labute approximate surface area is 121 Å². The minimum atomic E-state index is -1.46. The van der Waals surface area contributed by atoms with Gasteiger partial charge in [-0.1, -0.05) is 20.8 Å². The van der Waals surface area contributed by atoms with E-state index in [0.29, 0.717) is 18.7 Å². The van der Waals surface area contributed by atoms with Crippen LogP contribution in [0, 0.1) is 17.0 Å². The van der Waals surface area contributed by atoms with Crippen molar-refractivity contribution >= 4 is 17.7 Å². The van der Waals surface area contributed by atoms with Gasteiger partial charge in [-0.25, -0.2) is 18.4 Å². The monoisotopic (exact) mass is 300 g/mol. The van der Waals surface area contributed by atoms with E-state index in [9.17, 15) is 18.4 Å².